The molecule has 0 unspecified atom stereocenters. The lowest BCUT2D eigenvalue weighted by atomic mass is 10.0. The summed E-state index contributed by atoms with van der Waals surface area (Å²) in [6.07, 6.45) is 2.79. The molecule has 3 N–H and O–H groups in total. The van der Waals surface area contributed by atoms with Crippen LogP contribution >= 0.6 is 0 Å². The number of nitrogens with one attached hydrogen (secondary N) is 1. The molecule has 0 aliphatic rings. The van der Waals surface area contributed by atoms with Crippen LogP contribution in [-0.4, -0.2) is 11.5 Å². The van der Waals surface area contributed by atoms with Gasteiger partial charge in [0.05, 0.1) is 5.52 Å². The molecule has 2 rings (SSSR count). The highest BCUT2D eigenvalue weighted by atomic mass is 14.7. The van der Waals surface area contributed by atoms with Crippen LogP contribution in [-0.2, 0) is 0 Å². The summed E-state index contributed by atoms with van der Waals surface area (Å²) in [6.45, 7) is 4.69. The molecule has 72 valence electrons. The first-order valence-electron chi connectivity index (χ1n) is 4.77. The van der Waals surface area contributed by atoms with Crippen LogP contribution < -0.4 is 5.73 Å². The molecular formula is C12H14N2. The Morgan fingerprint density at radius 2 is 2.21 bits per heavy atom. The van der Waals surface area contributed by atoms with Gasteiger partial charge in [0.15, 0.2) is 0 Å². The number of rotatable bonds is 3. The van der Waals surface area contributed by atoms with Gasteiger partial charge in [-0.1, -0.05) is 24.8 Å². The molecule has 0 aliphatic carbocycles. The highest BCUT2D eigenvalue weighted by Gasteiger charge is 2.03. The SMILES string of the molecule is C=C(CCN)c1cccc2cc[nH]c12. The minimum Gasteiger partial charge on any atom is -0.361 e. The van der Waals surface area contributed by atoms with Crippen LogP contribution in [0.3, 0.4) is 0 Å². The predicted molar refractivity (Wildman–Crippen MR) is 61.0 cm³/mol. The Kier molecular flexibility index (Phi) is 2.37. The van der Waals surface area contributed by atoms with Crippen LogP contribution in [0.25, 0.3) is 16.5 Å². The van der Waals surface area contributed by atoms with Gasteiger partial charge in [-0.25, -0.2) is 0 Å². The Morgan fingerprint density at radius 3 is 3.00 bits per heavy atom. The fraction of sp³-hybridized carbons (Fsp3) is 0.167. The van der Waals surface area contributed by atoms with Crippen molar-refractivity contribution in [2.45, 2.75) is 6.42 Å². The zero-order chi connectivity index (χ0) is 9.97. The molecule has 14 heavy (non-hydrogen) atoms. The van der Waals surface area contributed by atoms with Crippen molar-refractivity contribution in [1.82, 2.24) is 4.98 Å². The minimum absolute atomic E-state index is 0.649. The third-order valence-corrected chi connectivity index (χ3v) is 2.41. The number of fused-ring (bicyclic) bond motifs is 1. The first-order chi connectivity index (χ1) is 6.83. The second-order valence-corrected chi connectivity index (χ2v) is 3.39. The maximum absolute atomic E-state index is 5.52. The highest BCUT2D eigenvalue weighted by molar-refractivity contribution is 5.90. The second kappa shape index (κ2) is 3.68. The molecule has 0 saturated carbocycles. The first-order valence-corrected chi connectivity index (χ1v) is 4.77. The van der Waals surface area contributed by atoms with Gasteiger partial charge in [-0.2, -0.15) is 0 Å². The number of H-pyrrole nitrogens is 1. The number of aromatic amines is 1. The smallest absolute Gasteiger partial charge is 0.0530 e. The topological polar surface area (TPSA) is 41.8 Å². The summed E-state index contributed by atoms with van der Waals surface area (Å²) in [5, 5.41) is 1.22. The molecule has 1 aromatic carbocycles. The quantitative estimate of drug-likeness (QED) is 0.760. The van der Waals surface area contributed by atoms with Crippen LogP contribution in [0.4, 0.5) is 0 Å². The number of hydrogen-bond acceptors (Lipinski definition) is 1. The third kappa shape index (κ3) is 1.44. The molecule has 0 bridgehead atoms. The fourth-order valence-corrected chi connectivity index (χ4v) is 1.69. The molecule has 0 fully saturated rings. The van der Waals surface area contributed by atoms with E-state index in [9.17, 15) is 0 Å². The summed E-state index contributed by atoms with van der Waals surface area (Å²) in [4.78, 5) is 3.23. The molecule has 2 heteroatoms. The Labute approximate surface area is 83.4 Å². The van der Waals surface area contributed by atoms with Crippen LogP contribution in [0, 0.1) is 0 Å². The molecule has 0 aliphatic heterocycles. The molecular weight excluding hydrogens is 172 g/mol. The van der Waals surface area contributed by atoms with E-state index < -0.39 is 0 Å². The van der Waals surface area contributed by atoms with E-state index in [-0.39, 0.29) is 0 Å². The number of nitrogens with two attached hydrogens (primary N) is 1. The van der Waals surface area contributed by atoms with E-state index >= 15 is 0 Å². The van der Waals surface area contributed by atoms with Gasteiger partial charge in [-0.3, -0.25) is 0 Å². The van der Waals surface area contributed by atoms with Gasteiger partial charge in [-0.05, 0) is 30.0 Å². The van der Waals surface area contributed by atoms with Crippen molar-refractivity contribution >= 4 is 16.5 Å². The zero-order valence-electron chi connectivity index (χ0n) is 8.09. The van der Waals surface area contributed by atoms with E-state index in [1.54, 1.807) is 0 Å². The van der Waals surface area contributed by atoms with Crippen molar-refractivity contribution in [2.24, 2.45) is 5.73 Å². The van der Waals surface area contributed by atoms with Gasteiger partial charge in [-0.15, -0.1) is 0 Å². The summed E-state index contributed by atoms with van der Waals surface area (Å²) in [5.41, 5.74) is 8.95. The fourth-order valence-electron chi connectivity index (χ4n) is 1.69. The normalized spacial score (nSPS) is 10.6. The van der Waals surface area contributed by atoms with Crippen molar-refractivity contribution in [2.75, 3.05) is 6.54 Å². The number of hydrogen-bond donors (Lipinski definition) is 2. The van der Waals surface area contributed by atoms with E-state index in [2.05, 4.69) is 29.8 Å². The van der Waals surface area contributed by atoms with Gasteiger partial charge in [0.1, 0.15) is 0 Å². The zero-order valence-corrected chi connectivity index (χ0v) is 8.09. The maximum Gasteiger partial charge on any atom is 0.0530 e. The van der Waals surface area contributed by atoms with Crippen molar-refractivity contribution < 1.29 is 0 Å². The van der Waals surface area contributed by atoms with Gasteiger partial charge in [0.25, 0.3) is 0 Å². The first kappa shape index (κ1) is 9.03. The molecule has 0 radical (unpaired) electrons. The molecule has 0 amide bonds. The van der Waals surface area contributed by atoms with Crippen LogP contribution in [0.1, 0.15) is 12.0 Å². The third-order valence-electron chi connectivity index (χ3n) is 2.41. The average molecular weight is 186 g/mol. The van der Waals surface area contributed by atoms with Crippen LogP contribution in [0.15, 0.2) is 37.0 Å². The molecule has 0 saturated heterocycles. The van der Waals surface area contributed by atoms with Gasteiger partial charge in [0, 0.05) is 11.8 Å². The van der Waals surface area contributed by atoms with E-state index in [1.165, 1.54) is 10.9 Å². The Hall–Kier alpha value is -1.54. The van der Waals surface area contributed by atoms with Crippen LogP contribution in [0.5, 0.6) is 0 Å². The van der Waals surface area contributed by atoms with Crippen molar-refractivity contribution in [1.29, 1.82) is 0 Å². The maximum atomic E-state index is 5.52. The summed E-state index contributed by atoms with van der Waals surface area (Å²) in [5.74, 6) is 0. The second-order valence-electron chi connectivity index (χ2n) is 3.39. The average Bonchev–Trinajstić information content (AvgIpc) is 2.65. The Bertz CT molecular complexity index is 454. The van der Waals surface area contributed by atoms with E-state index in [0.29, 0.717) is 6.54 Å². The van der Waals surface area contributed by atoms with Crippen molar-refractivity contribution in [3.63, 3.8) is 0 Å². The monoisotopic (exact) mass is 186 g/mol. The predicted octanol–water partition coefficient (Wildman–Crippen LogP) is 2.53. The van der Waals surface area contributed by atoms with Gasteiger partial charge >= 0.3 is 0 Å². The van der Waals surface area contributed by atoms with E-state index in [1.807, 2.05) is 12.3 Å². The number of aromatic nitrogens is 1. The summed E-state index contributed by atoms with van der Waals surface area (Å²) in [7, 11) is 0. The summed E-state index contributed by atoms with van der Waals surface area (Å²) < 4.78 is 0. The highest BCUT2D eigenvalue weighted by Crippen LogP contribution is 2.24. The molecule has 2 aromatic rings. The summed E-state index contributed by atoms with van der Waals surface area (Å²) >= 11 is 0. The molecule has 1 aromatic heterocycles. The number of para-hydroxylation sites is 1. The molecule has 0 spiro atoms. The standard InChI is InChI=1S/C12H14N2/c1-9(5-7-13)11-4-2-3-10-6-8-14-12(10)11/h2-4,6,8,14H,1,5,7,13H2. The van der Waals surface area contributed by atoms with Crippen molar-refractivity contribution in [3.05, 3.63) is 42.6 Å². The lowest BCUT2D eigenvalue weighted by Gasteiger charge is -2.05. The van der Waals surface area contributed by atoms with Crippen molar-refractivity contribution in [3.8, 4) is 0 Å². The Balaban J connectivity index is 2.50. The lowest BCUT2D eigenvalue weighted by molar-refractivity contribution is 1.02. The van der Waals surface area contributed by atoms with Gasteiger partial charge in [0.2, 0.25) is 0 Å². The lowest BCUT2D eigenvalue weighted by Crippen LogP contribution is -1.99. The largest absolute Gasteiger partial charge is 0.361 e. The van der Waals surface area contributed by atoms with E-state index in [4.69, 9.17) is 5.73 Å². The Morgan fingerprint density at radius 1 is 1.36 bits per heavy atom. The summed E-state index contributed by atoms with van der Waals surface area (Å²) in [6, 6.07) is 8.28. The van der Waals surface area contributed by atoms with E-state index in [0.717, 1.165) is 17.5 Å². The molecule has 1 heterocycles. The number of benzene rings is 1. The molecule has 0 atom stereocenters. The molecule has 2 nitrogen and oxygen atoms in total. The van der Waals surface area contributed by atoms with Crippen LogP contribution in [0.2, 0.25) is 0 Å². The minimum atomic E-state index is 0.649. The van der Waals surface area contributed by atoms with Gasteiger partial charge < -0.3 is 10.7 Å².